The molecule has 4 nitrogen and oxygen atoms in total. The molecule has 0 radical (unpaired) electrons. The SMILES string of the molecule is C=C(CCCCC(=O)OCC1CCCC(C)C1)OCC1CCC(C)OC1. The first-order valence-corrected chi connectivity index (χ1v) is 10.6. The molecule has 4 unspecified atom stereocenters. The van der Waals surface area contributed by atoms with Crippen LogP contribution in [0.3, 0.4) is 0 Å². The van der Waals surface area contributed by atoms with Gasteiger partial charge in [-0.05, 0) is 57.3 Å². The van der Waals surface area contributed by atoms with Crippen LogP contribution in [0.4, 0.5) is 0 Å². The zero-order chi connectivity index (χ0) is 18.8. The van der Waals surface area contributed by atoms with Crippen LogP contribution in [0.15, 0.2) is 12.3 Å². The van der Waals surface area contributed by atoms with Gasteiger partial charge in [-0.25, -0.2) is 0 Å². The van der Waals surface area contributed by atoms with Crippen LogP contribution in [0.1, 0.15) is 78.1 Å². The van der Waals surface area contributed by atoms with Gasteiger partial charge in [-0.15, -0.1) is 0 Å². The second kappa shape index (κ2) is 11.6. The van der Waals surface area contributed by atoms with Gasteiger partial charge in [0.15, 0.2) is 0 Å². The van der Waals surface area contributed by atoms with Crippen LogP contribution in [0, 0.1) is 17.8 Å². The molecule has 1 heterocycles. The van der Waals surface area contributed by atoms with Crippen LogP contribution >= 0.6 is 0 Å². The molecular formula is C22H38O4. The molecule has 1 aliphatic carbocycles. The molecular weight excluding hydrogens is 328 g/mol. The maximum absolute atomic E-state index is 11.9. The van der Waals surface area contributed by atoms with Crippen LogP contribution in [-0.4, -0.2) is 31.9 Å². The normalized spacial score (nSPS) is 29.2. The summed E-state index contributed by atoms with van der Waals surface area (Å²) in [7, 11) is 0. The van der Waals surface area contributed by atoms with Gasteiger partial charge in [0.05, 0.1) is 31.7 Å². The lowest BCUT2D eigenvalue weighted by Crippen LogP contribution is -2.26. The largest absolute Gasteiger partial charge is 0.498 e. The Kier molecular flexibility index (Phi) is 9.52. The molecule has 0 spiro atoms. The number of carbonyl (C=O) groups is 1. The van der Waals surface area contributed by atoms with E-state index < -0.39 is 0 Å². The van der Waals surface area contributed by atoms with E-state index in [4.69, 9.17) is 14.2 Å². The fourth-order valence-electron chi connectivity index (χ4n) is 3.96. The average Bonchev–Trinajstić information content (AvgIpc) is 2.63. The maximum atomic E-state index is 11.9. The smallest absolute Gasteiger partial charge is 0.305 e. The third-order valence-corrected chi connectivity index (χ3v) is 5.73. The van der Waals surface area contributed by atoms with E-state index in [1.54, 1.807) is 0 Å². The molecule has 1 aliphatic heterocycles. The number of rotatable bonds is 10. The van der Waals surface area contributed by atoms with Crippen molar-refractivity contribution in [3.8, 4) is 0 Å². The van der Waals surface area contributed by atoms with Crippen molar-refractivity contribution < 1.29 is 19.0 Å². The van der Waals surface area contributed by atoms with Gasteiger partial charge in [0.2, 0.25) is 0 Å². The lowest BCUT2D eigenvalue weighted by molar-refractivity contribution is -0.145. The summed E-state index contributed by atoms with van der Waals surface area (Å²) in [5, 5.41) is 0. The lowest BCUT2D eigenvalue weighted by atomic mass is 9.83. The minimum Gasteiger partial charge on any atom is -0.498 e. The summed E-state index contributed by atoms with van der Waals surface area (Å²) >= 11 is 0. The predicted octanol–water partition coefficient (Wildman–Crippen LogP) is 5.26. The van der Waals surface area contributed by atoms with E-state index in [-0.39, 0.29) is 5.97 Å². The third-order valence-electron chi connectivity index (χ3n) is 5.73. The summed E-state index contributed by atoms with van der Waals surface area (Å²) in [6.45, 7) is 10.5. The third kappa shape index (κ3) is 8.57. The van der Waals surface area contributed by atoms with Crippen molar-refractivity contribution in [1.82, 2.24) is 0 Å². The van der Waals surface area contributed by atoms with Gasteiger partial charge in [-0.1, -0.05) is 26.3 Å². The van der Waals surface area contributed by atoms with E-state index >= 15 is 0 Å². The van der Waals surface area contributed by atoms with Gasteiger partial charge in [0.25, 0.3) is 0 Å². The number of hydrogen-bond donors (Lipinski definition) is 0. The highest BCUT2D eigenvalue weighted by molar-refractivity contribution is 5.69. The van der Waals surface area contributed by atoms with E-state index in [1.807, 2.05) is 0 Å². The molecule has 2 fully saturated rings. The fraction of sp³-hybridized carbons (Fsp3) is 0.864. The number of ether oxygens (including phenoxy) is 3. The van der Waals surface area contributed by atoms with E-state index in [0.717, 1.165) is 44.0 Å². The monoisotopic (exact) mass is 366 g/mol. The Morgan fingerprint density at radius 3 is 2.50 bits per heavy atom. The summed E-state index contributed by atoms with van der Waals surface area (Å²) in [5.74, 6) is 2.61. The number of esters is 1. The minimum atomic E-state index is -0.0526. The van der Waals surface area contributed by atoms with E-state index in [9.17, 15) is 4.79 Å². The Labute approximate surface area is 159 Å². The molecule has 0 amide bonds. The maximum Gasteiger partial charge on any atom is 0.305 e. The molecule has 4 atom stereocenters. The number of allylic oxidation sites excluding steroid dienone is 1. The van der Waals surface area contributed by atoms with Crippen LogP contribution in [0.5, 0.6) is 0 Å². The van der Waals surface area contributed by atoms with Crippen LogP contribution in [-0.2, 0) is 19.0 Å². The predicted molar refractivity (Wildman–Crippen MR) is 104 cm³/mol. The second-order valence-corrected chi connectivity index (χ2v) is 8.46. The van der Waals surface area contributed by atoms with Crippen molar-refractivity contribution in [2.45, 2.75) is 84.2 Å². The molecule has 4 heteroatoms. The van der Waals surface area contributed by atoms with Crippen molar-refractivity contribution >= 4 is 5.97 Å². The number of carbonyl (C=O) groups excluding carboxylic acids is 1. The van der Waals surface area contributed by atoms with Crippen molar-refractivity contribution in [2.24, 2.45) is 17.8 Å². The minimum absolute atomic E-state index is 0.0526. The lowest BCUT2D eigenvalue weighted by Gasteiger charge is -2.27. The number of unbranched alkanes of at least 4 members (excludes halogenated alkanes) is 1. The van der Waals surface area contributed by atoms with Crippen molar-refractivity contribution in [1.29, 1.82) is 0 Å². The summed E-state index contributed by atoms with van der Waals surface area (Å²) in [4.78, 5) is 11.9. The van der Waals surface area contributed by atoms with Gasteiger partial charge in [0.1, 0.15) is 0 Å². The van der Waals surface area contributed by atoms with Crippen LogP contribution < -0.4 is 0 Å². The van der Waals surface area contributed by atoms with Crippen molar-refractivity contribution in [2.75, 3.05) is 19.8 Å². The Hall–Kier alpha value is -1.03. The summed E-state index contributed by atoms with van der Waals surface area (Å²) in [5.41, 5.74) is 0. The van der Waals surface area contributed by atoms with Gasteiger partial charge in [-0.2, -0.15) is 0 Å². The average molecular weight is 367 g/mol. The molecule has 0 aromatic heterocycles. The van der Waals surface area contributed by atoms with Crippen LogP contribution in [0.2, 0.25) is 0 Å². The molecule has 0 aromatic rings. The highest BCUT2D eigenvalue weighted by Crippen LogP contribution is 2.28. The molecule has 0 bridgehead atoms. The van der Waals surface area contributed by atoms with Gasteiger partial charge < -0.3 is 14.2 Å². The first kappa shape index (κ1) is 21.3. The van der Waals surface area contributed by atoms with E-state index in [2.05, 4.69) is 20.4 Å². The van der Waals surface area contributed by atoms with Gasteiger partial charge in [0, 0.05) is 18.8 Å². The first-order chi connectivity index (χ1) is 12.5. The first-order valence-electron chi connectivity index (χ1n) is 10.6. The Morgan fingerprint density at radius 1 is 1.00 bits per heavy atom. The molecule has 150 valence electrons. The van der Waals surface area contributed by atoms with Crippen LogP contribution in [0.25, 0.3) is 0 Å². The fourth-order valence-corrected chi connectivity index (χ4v) is 3.96. The van der Waals surface area contributed by atoms with E-state index in [0.29, 0.717) is 37.6 Å². The molecule has 2 rings (SSSR count). The van der Waals surface area contributed by atoms with E-state index in [1.165, 1.54) is 32.1 Å². The summed E-state index contributed by atoms with van der Waals surface area (Å²) in [6.07, 6.45) is 10.8. The molecule has 1 saturated heterocycles. The topological polar surface area (TPSA) is 44.8 Å². The molecule has 26 heavy (non-hydrogen) atoms. The van der Waals surface area contributed by atoms with Crippen molar-refractivity contribution in [3.05, 3.63) is 12.3 Å². The van der Waals surface area contributed by atoms with Gasteiger partial charge in [-0.3, -0.25) is 4.79 Å². The highest BCUT2D eigenvalue weighted by atomic mass is 16.5. The quantitative estimate of drug-likeness (QED) is 0.300. The summed E-state index contributed by atoms with van der Waals surface area (Å²) < 4.78 is 16.9. The second-order valence-electron chi connectivity index (χ2n) is 8.46. The van der Waals surface area contributed by atoms with Crippen molar-refractivity contribution in [3.63, 3.8) is 0 Å². The standard InChI is InChI=1S/C22H38O4/c1-17-7-6-9-20(13-17)14-26-22(23)10-5-4-8-18(2)24-15-21-12-11-19(3)25-16-21/h17,19-21H,2,4-16H2,1,3H3. The Balaban J connectivity index is 1.45. The highest BCUT2D eigenvalue weighted by Gasteiger charge is 2.20. The molecule has 1 saturated carbocycles. The number of hydrogen-bond acceptors (Lipinski definition) is 4. The summed E-state index contributed by atoms with van der Waals surface area (Å²) in [6, 6.07) is 0. The Bertz CT molecular complexity index is 426. The Morgan fingerprint density at radius 2 is 1.77 bits per heavy atom. The molecule has 0 N–H and O–H groups in total. The molecule has 0 aromatic carbocycles. The van der Waals surface area contributed by atoms with Gasteiger partial charge >= 0.3 is 5.97 Å². The zero-order valence-electron chi connectivity index (χ0n) is 16.8. The zero-order valence-corrected chi connectivity index (χ0v) is 16.8. The molecule has 2 aliphatic rings.